The highest BCUT2D eigenvalue weighted by molar-refractivity contribution is 6.17. The SMILES string of the molecule is Cc1cc(C)nc(NCCOCCCl)n1. The van der Waals surface area contributed by atoms with Gasteiger partial charge in [-0.25, -0.2) is 9.97 Å². The molecule has 0 spiro atoms. The zero-order valence-corrected chi connectivity index (χ0v) is 9.84. The van der Waals surface area contributed by atoms with Crippen molar-refractivity contribution in [2.24, 2.45) is 0 Å². The molecule has 0 atom stereocenters. The van der Waals surface area contributed by atoms with Crippen molar-refractivity contribution < 1.29 is 4.74 Å². The van der Waals surface area contributed by atoms with Crippen LogP contribution < -0.4 is 5.32 Å². The van der Waals surface area contributed by atoms with Crippen LogP contribution in [-0.2, 0) is 4.74 Å². The van der Waals surface area contributed by atoms with E-state index in [1.807, 2.05) is 19.9 Å². The Morgan fingerprint density at radius 1 is 1.27 bits per heavy atom. The first-order valence-electron chi connectivity index (χ1n) is 4.92. The number of anilines is 1. The summed E-state index contributed by atoms with van der Waals surface area (Å²) >= 11 is 5.47. The zero-order valence-electron chi connectivity index (χ0n) is 9.09. The highest BCUT2D eigenvalue weighted by Crippen LogP contribution is 2.02. The minimum atomic E-state index is 0.528. The molecule has 1 heterocycles. The Balaban J connectivity index is 2.31. The van der Waals surface area contributed by atoms with E-state index in [1.165, 1.54) is 0 Å². The van der Waals surface area contributed by atoms with Gasteiger partial charge in [-0.2, -0.15) is 0 Å². The van der Waals surface area contributed by atoms with Gasteiger partial charge in [-0.05, 0) is 19.9 Å². The molecule has 1 aromatic heterocycles. The fourth-order valence-corrected chi connectivity index (χ4v) is 1.31. The summed E-state index contributed by atoms with van der Waals surface area (Å²) in [6, 6.07) is 1.94. The van der Waals surface area contributed by atoms with E-state index in [1.54, 1.807) is 0 Å². The lowest BCUT2D eigenvalue weighted by Gasteiger charge is -2.06. The second-order valence-corrected chi connectivity index (χ2v) is 3.58. The third kappa shape index (κ3) is 4.95. The number of alkyl halides is 1. The average Bonchev–Trinajstić information content (AvgIpc) is 2.16. The number of rotatable bonds is 6. The van der Waals surface area contributed by atoms with E-state index in [0.29, 0.717) is 31.6 Å². The quantitative estimate of drug-likeness (QED) is 0.597. The van der Waals surface area contributed by atoms with Crippen LogP contribution in [0.4, 0.5) is 5.95 Å². The molecule has 0 aliphatic carbocycles. The fourth-order valence-electron chi connectivity index (χ4n) is 1.20. The Hall–Kier alpha value is -0.870. The van der Waals surface area contributed by atoms with Gasteiger partial charge in [-0.1, -0.05) is 0 Å². The molecule has 1 rings (SSSR count). The highest BCUT2D eigenvalue weighted by atomic mass is 35.5. The Morgan fingerprint density at radius 2 is 1.93 bits per heavy atom. The van der Waals surface area contributed by atoms with Crippen LogP contribution in [0.15, 0.2) is 6.07 Å². The van der Waals surface area contributed by atoms with Gasteiger partial charge in [0.2, 0.25) is 5.95 Å². The van der Waals surface area contributed by atoms with Crippen molar-refractivity contribution in [2.75, 3.05) is 31.0 Å². The van der Waals surface area contributed by atoms with Gasteiger partial charge < -0.3 is 10.1 Å². The van der Waals surface area contributed by atoms with E-state index in [-0.39, 0.29) is 0 Å². The smallest absolute Gasteiger partial charge is 0.223 e. The first-order chi connectivity index (χ1) is 7.22. The third-order valence-electron chi connectivity index (χ3n) is 1.73. The Labute approximate surface area is 95.0 Å². The predicted octanol–water partition coefficient (Wildman–Crippen LogP) is 1.76. The number of halogens is 1. The maximum Gasteiger partial charge on any atom is 0.223 e. The number of ether oxygens (including phenoxy) is 1. The van der Waals surface area contributed by atoms with Crippen LogP contribution in [0.5, 0.6) is 0 Å². The summed E-state index contributed by atoms with van der Waals surface area (Å²) < 4.78 is 5.22. The van der Waals surface area contributed by atoms with Gasteiger partial charge in [-0.15, -0.1) is 11.6 Å². The molecule has 0 amide bonds. The molecule has 1 N–H and O–H groups in total. The summed E-state index contributed by atoms with van der Waals surface area (Å²) in [5.74, 6) is 1.18. The van der Waals surface area contributed by atoms with Crippen LogP contribution in [0.1, 0.15) is 11.4 Å². The number of nitrogens with one attached hydrogen (secondary N) is 1. The van der Waals surface area contributed by atoms with Gasteiger partial charge in [0.1, 0.15) is 0 Å². The van der Waals surface area contributed by atoms with E-state index in [2.05, 4.69) is 15.3 Å². The van der Waals surface area contributed by atoms with E-state index in [9.17, 15) is 0 Å². The molecule has 1 aromatic rings. The number of aromatic nitrogens is 2. The standard InChI is InChI=1S/C10H16ClN3O/c1-8-7-9(2)14-10(13-8)12-4-6-15-5-3-11/h7H,3-6H2,1-2H3,(H,12,13,14). The minimum Gasteiger partial charge on any atom is -0.378 e. The second kappa shape index (κ2) is 6.58. The second-order valence-electron chi connectivity index (χ2n) is 3.20. The fraction of sp³-hybridized carbons (Fsp3) is 0.600. The molecule has 0 saturated heterocycles. The van der Waals surface area contributed by atoms with Crippen molar-refractivity contribution in [3.63, 3.8) is 0 Å². The Bertz CT molecular complexity index is 286. The number of hydrogen-bond donors (Lipinski definition) is 1. The summed E-state index contributed by atoms with van der Waals surface area (Å²) in [7, 11) is 0. The van der Waals surface area contributed by atoms with Gasteiger partial charge in [0.05, 0.1) is 13.2 Å². The topological polar surface area (TPSA) is 47.0 Å². The minimum absolute atomic E-state index is 0.528. The molecular weight excluding hydrogens is 214 g/mol. The summed E-state index contributed by atoms with van der Waals surface area (Å²) in [6.07, 6.45) is 0. The molecule has 0 aromatic carbocycles. The van der Waals surface area contributed by atoms with Crippen molar-refractivity contribution in [1.82, 2.24) is 9.97 Å². The van der Waals surface area contributed by atoms with Crippen LogP contribution in [0.2, 0.25) is 0 Å². The molecule has 5 heteroatoms. The molecule has 0 aliphatic heterocycles. The molecular formula is C10H16ClN3O. The Kier molecular flexibility index (Phi) is 5.36. The molecule has 0 fully saturated rings. The molecule has 0 saturated carbocycles. The molecule has 15 heavy (non-hydrogen) atoms. The van der Waals surface area contributed by atoms with Crippen LogP contribution in [0.3, 0.4) is 0 Å². The summed E-state index contributed by atoms with van der Waals surface area (Å²) in [4.78, 5) is 8.50. The summed E-state index contributed by atoms with van der Waals surface area (Å²) in [6.45, 7) is 5.79. The van der Waals surface area contributed by atoms with Crippen LogP contribution >= 0.6 is 11.6 Å². The molecule has 0 bridgehead atoms. The van der Waals surface area contributed by atoms with E-state index < -0.39 is 0 Å². The maximum atomic E-state index is 5.47. The molecule has 0 aliphatic rings. The lowest BCUT2D eigenvalue weighted by atomic mass is 10.4. The van der Waals surface area contributed by atoms with E-state index in [0.717, 1.165) is 11.4 Å². The first-order valence-corrected chi connectivity index (χ1v) is 5.45. The average molecular weight is 230 g/mol. The molecule has 84 valence electrons. The van der Waals surface area contributed by atoms with Gasteiger partial charge in [0.25, 0.3) is 0 Å². The summed E-state index contributed by atoms with van der Waals surface area (Å²) in [5, 5.41) is 3.09. The van der Waals surface area contributed by atoms with Crippen molar-refractivity contribution in [1.29, 1.82) is 0 Å². The van der Waals surface area contributed by atoms with Gasteiger partial charge >= 0.3 is 0 Å². The highest BCUT2D eigenvalue weighted by Gasteiger charge is 1.97. The normalized spacial score (nSPS) is 10.3. The molecule has 0 unspecified atom stereocenters. The number of hydrogen-bond acceptors (Lipinski definition) is 4. The van der Waals surface area contributed by atoms with Gasteiger partial charge in [0, 0.05) is 23.8 Å². The predicted molar refractivity (Wildman–Crippen MR) is 61.5 cm³/mol. The van der Waals surface area contributed by atoms with Crippen molar-refractivity contribution in [3.05, 3.63) is 17.5 Å². The largest absolute Gasteiger partial charge is 0.378 e. The molecule has 0 radical (unpaired) electrons. The van der Waals surface area contributed by atoms with E-state index >= 15 is 0 Å². The Morgan fingerprint density at radius 3 is 2.53 bits per heavy atom. The zero-order chi connectivity index (χ0) is 11.1. The maximum absolute atomic E-state index is 5.47. The number of aryl methyl sites for hydroxylation is 2. The monoisotopic (exact) mass is 229 g/mol. The van der Waals surface area contributed by atoms with Gasteiger partial charge in [-0.3, -0.25) is 0 Å². The van der Waals surface area contributed by atoms with Crippen LogP contribution in [-0.4, -0.2) is 35.6 Å². The van der Waals surface area contributed by atoms with Crippen molar-refractivity contribution >= 4 is 17.5 Å². The van der Waals surface area contributed by atoms with Crippen LogP contribution in [0, 0.1) is 13.8 Å². The third-order valence-corrected chi connectivity index (χ3v) is 1.89. The number of nitrogens with zero attached hydrogens (tertiary/aromatic N) is 2. The summed E-state index contributed by atoms with van der Waals surface area (Å²) in [5.41, 5.74) is 1.93. The lowest BCUT2D eigenvalue weighted by Crippen LogP contribution is -2.13. The van der Waals surface area contributed by atoms with Crippen LogP contribution in [0.25, 0.3) is 0 Å². The first kappa shape index (κ1) is 12.2. The lowest BCUT2D eigenvalue weighted by molar-refractivity contribution is 0.160. The molecule has 4 nitrogen and oxygen atoms in total. The van der Waals surface area contributed by atoms with Gasteiger partial charge in [0.15, 0.2) is 0 Å². The van der Waals surface area contributed by atoms with Crippen molar-refractivity contribution in [2.45, 2.75) is 13.8 Å². The van der Waals surface area contributed by atoms with Crippen molar-refractivity contribution in [3.8, 4) is 0 Å². The van der Waals surface area contributed by atoms with E-state index in [4.69, 9.17) is 16.3 Å².